The van der Waals surface area contributed by atoms with Crippen LogP contribution in [0.4, 0.5) is 0 Å². The normalized spacial score (nSPS) is 11.8. The summed E-state index contributed by atoms with van der Waals surface area (Å²) in [5.74, 6) is 0. The minimum absolute atomic E-state index is 0.316. The second-order valence-corrected chi connectivity index (χ2v) is 6.17. The van der Waals surface area contributed by atoms with Gasteiger partial charge in [-0.3, -0.25) is 4.57 Å². The van der Waals surface area contributed by atoms with Gasteiger partial charge in [0.25, 0.3) is 0 Å². The average Bonchev–Trinajstić information content (AvgIpc) is 2.83. The van der Waals surface area contributed by atoms with Gasteiger partial charge in [-0.05, 0) is 32.9 Å². The first kappa shape index (κ1) is 15.0. The number of benzene rings is 1. The molecular formula is C14H19N2O3P. The molecule has 0 saturated carbocycles. The van der Waals surface area contributed by atoms with Gasteiger partial charge in [0.15, 0.2) is 5.44 Å². The van der Waals surface area contributed by atoms with Crippen LogP contribution < -0.4 is 5.44 Å². The van der Waals surface area contributed by atoms with E-state index in [0.717, 1.165) is 11.3 Å². The van der Waals surface area contributed by atoms with Gasteiger partial charge in [0.2, 0.25) is 0 Å². The van der Waals surface area contributed by atoms with E-state index in [1.807, 2.05) is 37.3 Å². The van der Waals surface area contributed by atoms with Crippen LogP contribution in [0.1, 0.15) is 19.4 Å². The lowest BCUT2D eigenvalue weighted by molar-refractivity contribution is 0.228. The maximum absolute atomic E-state index is 13.0. The number of hydrogen-bond acceptors (Lipinski definition) is 4. The highest BCUT2D eigenvalue weighted by Crippen LogP contribution is 2.47. The summed E-state index contributed by atoms with van der Waals surface area (Å²) in [6.07, 6.45) is 1.67. The highest BCUT2D eigenvalue weighted by Gasteiger charge is 2.33. The fourth-order valence-electron chi connectivity index (χ4n) is 2.01. The highest BCUT2D eigenvalue weighted by molar-refractivity contribution is 7.62. The Morgan fingerprint density at radius 3 is 2.30 bits per heavy atom. The molecule has 0 N–H and O–H groups in total. The van der Waals surface area contributed by atoms with Crippen molar-refractivity contribution in [3.8, 4) is 5.69 Å². The first-order valence-electron chi connectivity index (χ1n) is 6.62. The number of para-hydroxylation sites is 1. The van der Waals surface area contributed by atoms with Crippen LogP contribution >= 0.6 is 7.60 Å². The molecule has 0 aliphatic rings. The minimum atomic E-state index is -3.36. The van der Waals surface area contributed by atoms with Crippen LogP contribution in [0.2, 0.25) is 0 Å². The topological polar surface area (TPSA) is 53.4 Å². The summed E-state index contributed by atoms with van der Waals surface area (Å²) in [6.45, 7) is 6.08. The maximum Gasteiger partial charge on any atom is 0.379 e. The van der Waals surface area contributed by atoms with Crippen molar-refractivity contribution in [3.05, 3.63) is 42.1 Å². The van der Waals surface area contributed by atoms with Crippen molar-refractivity contribution in [3.63, 3.8) is 0 Å². The number of nitrogens with zero attached hydrogens (tertiary/aromatic N) is 2. The largest absolute Gasteiger partial charge is 0.379 e. The van der Waals surface area contributed by atoms with Gasteiger partial charge in [-0.1, -0.05) is 18.2 Å². The Labute approximate surface area is 119 Å². The second kappa shape index (κ2) is 6.35. The third-order valence-corrected chi connectivity index (χ3v) is 5.04. The van der Waals surface area contributed by atoms with E-state index in [-0.39, 0.29) is 0 Å². The molecule has 1 aromatic carbocycles. The van der Waals surface area contributed by atoms with Crippen LogP contribution in [0, 0.1) is 6.92 Å². The molecule has 0 spiro atoms. The molecule has 2 aromatic rings. The Hall–Kier alpha value is -1.42. The maximum atomic E-state index is 13.0. The molecule has 2 rings (SSSR count). The SMILES string of the molecule is CCOP(=O)(OCC)c1c(C)cnn1-c1ccccc1. The van der Waals surface area contributed by atoms with Crippen LogP contribution in [0.15, 0.2) is 36.5 Å². The van der Waals surface area contributed by atoms with Crippen molar-refractivity contribution in [2.24, 2.45) is 0 Å². The smallest absolute Gasteiger partial charge is 0.304 e. The average molecular weight is 294 g/mol. The van der Waals surface area contributed by atoms with Crippen LogP contribution in [0.3, 0.4) is 0 Å². The zero-order valence-corrected chi connectivity index (χ0v) is 12.8. The van der Waals surface area contributed by atoms with Crippen molar-refractivity contribution in [1.29, 1.82) is 0 Å². The van der Waals surface area contributed by atoms with Crippen molar-refractivity contribution in [2.45, 2.75) is 20.8 Å². The molecule has 6 heteroatoms. The minimum Gasteiger partial charge on any atom is -0.304 e. The Balaban J connectivity index is 2.56. The number of rotatable bonds is 6. The molecule has 1 aromatic heterocycles. The molecule has 0 aliphatic carbocycles. The second-order valence-electron chi connectivity index (χ2n) is 4.23. The fourth-order valence-corrected chi connectivity index (χ4v) is 3.90. The van der Waals surface area contributed by atoms with Crippen LogP contribution in [0.5, 0.6) is 0 Å². The van der Waals surface area contributed by atoms with E-state index in [9.17, 15) is 4.57 Å². The van der Waals surface area contributed by atoms with Gasteiger partial charge in [0.05, 0.1) is 25.1 Å². The fraction of sp³-hybridized carbons (Fsp3) is 0.357. The van der Waals surface area contributed by atoms with Gasteiger partial charge in [-0.25, -0.2) is 4.68 Å². The quantitative estimate of drug-likeness (QED) is 0.768. The molecule has 0 aliphatic heterocycles. The van der Waals surface area contributed by atoms with Crippen molar-refractivity contribution in [1.82, 2.24) is 9.78 Å². The Kier molecular flexibility index (Phi) is 4.76. The predicted molar refractivity (Wildman–Crippen MR) is 78.8 cm³/mol. The van der Waals surface area contributed by atoms with E-state index >= 15 is 0 Å². The molecule has 0 saturated heterocycles. The third kappa shape index (κ3) is 2.85. The number of hydrogen-bond donors (Lipinski definition) is 0. The molecule has 0 bridgehead atoms. The lowest BCUT2D eigenvalue weighted by atomic mass is 10.3. The molecule has 5 nitrogen and oxygen atoms in total. The van der Waals surface area contributed by atoms with Crippen LogP contribution in [0.25, 0.3) is 5.69 Å². The molecule has 0 amide bonds. The Bertz CT molecular complexity index is 600. The molecule has 0 fully saturated rings. The van der Waals surface area contributed by atoms with Gasteiger partial charge in [-0.2, -0.15) is 5.10 Å². The molecule has 20 heavy (non-hydrogen) atoms. The van der Waals surface area contributed by atoms with E-state index in [1.165, 1.54) is 0 Å². The zero-order chi connectivity index (χ0) is 14.6. The zero-order valence-electron chi connectivity index (χ0n) is 11.9. The highest BCUT2D eigenvalue weighted by atomic mass is 31.2. The Morgan fingerprint density at radius 1 is 1.15 bits per heavy atom. The van der Waals surface area contributed by atoms with Crippen molar-refractivity contribution in [2.75, 3.05) is 13.2 Å². The third-order valence-electron chi connectivity index (χ3n) is 2.78. The lowest BCUT2D eigenvalue weighted by Crippen LogP contribution is -2.22. The van der Waals surface area contributed by atoms with Gasteiger partial charge in [0.1, 0.15) is 0 Å². The first-order chi connectivity index (χ1) is 9.62. The van der Waals surface area contributed by atoms with E-state index in [1.54, 1.807) is 24.7 Å². The van der Waals surface area contributed by atoms with E-state index in [2.05, 4.69) is 5.10 Å². The van der Waals surface area contributed by atoms with Gasteiger partial charge in [0, 0.05) is 5.56 Å². The summed E-state index contributed by atoms with van der Waals surface area (Å²) in [4.78, 5) is 0. The molecule has 1 heterocycles. The summed E-state index contributed by atoms with van der Waals surface area (Å²) >= 11 is 0. The monoisotopic (exact) mass is 294 g/mol. The Morgan fingerprint density at radius 2 is 1.75 bits per heavy atom. The van der Waals surface area contributed by atoms with E-state index < -0.39 is 7.60 Å². The molecule has 108 valence electrons. The molecule has 0 unspecified atom stereocenters. The summed E-state index contributed by atoms with van der Waals surface area (Å²) in [5, 5.41) is 4.30. The van der Waals surface area contributed by atoms with E-state index in [4.69, 9.17) is 9.05 Å². The summed E-state index contributed by atoms with van der Waals surface area (Å²) < 4.78 is 25.5. The molecule has 0 atom stereocenters. The number of aryl methyl sites for hydroxylation is 1. The van der Waals surface area contributed by atoms with Crippen LogP contribution in [-0.2, 0) is 13.6 Å². The van der Waals surface area contributed by atoms with Crippen molar-refractivity contribution < 1.29 is 13.6 Å². The van der Waals surface area contributed by atoms with Crippen LogP contribution in [-0.4, -0.2) is 23.0 Å². The number of aromatic nitrogens is 2. The summed E-state index contributed by atoms with van der Waals surface area (Å²) in [7, 11) is -3.36. The van der Waals surface area contributed by atoms with Gasteiger partial charge < -0.3 is 9.05 Å². The summed E-state index contributed by atoms with van der Waals surface area (Å²) in [6, 6.07) is 9.53. The first-order valence-corrected chi connectivity index (χ1v) is 8.16. The lowest BCUT2D eigenvalue weighted by Gasteiger charge is -2.19. The molecule has 0 radical (unpaired) electrons. The van der Waals surface area contributed by atoms with Gasteiger partial charge >= 0.3 is 7.60 Å². The standard InChI is InChI=1S/C14H19N2O3P/c1-4-18-20(17,19-5-2)14-12(3)11-15-16(14)13-9-7-6-8-10-13/h6-11H,4-5H2,1-3H3. The van der Waals surface area contributed by atoms with Gasteiger partial charge in [-0.15, -0.1) is 0 Å². The summed E-state index contributed by atoms with van der Waals surface area (Å²) in [5.41, 5.74) is 2.11. The van der Waals surface area contributed by atoms with E-state index in [0.29, 0.717) is 18.6 Å². The predicted octanol–water partition coefficient (Wildman–Crippen LogP) is 3.07. The molecular weight excluding hydrogens is 275 g/mol. The van der Waals surface area contributed by atoms with Crippen molar-refractivity contribution >= 4 is 13.0 Å².